The average molecular weight is 203 g/mol. The second-order valence-electron chi connectivity index (χ2n) is 3.95. The molecular formula is C12H17N3. The summed E-state index contributed by atoms with van der Waals surface area (Å²) in [6.45, 7) is 0.694. The smallest absolute Gasteiger partial charge is 0.0694 e. The summed E-state index contributed by atoms with van der Waals surface area (Å²) in [5.41, 5.74) is 9.30. The molecule has 0 aliphatic rings. The van der Waals surface area contributed by atoms with Crippen LogP contribution in [0.3, 0.4) is 0 Å². The van der Waals surface area contributed by atoms with Crippen LogP contribution in [0.4, 0.5) is 5.69 Å². The van der Waals surface area contributed by atoms with E-state index in [0.29, 0.717) is 6.54 Å². The summed E-state index contributed by atoms with van der Waals surface area (Å²) >= 11 is 0. The molecule has 1 aromatic carbocycles. The molecule has 1 heterocycles. The molecule has 0 fully saturated rings. The Bertz CT molecular complexity index is 457. The van der Waals surface area contributed by atoms with Crippen molar-refractivity contribution in [2.75, 3.05) is 25.5 Å². The van der Waals surface area contributed by atoms with Crippen molar-refractivity contribution in [3.05, 3.63) is 30.0 Å². The van der Waals surface area contributed by atoms with Crippen LogP contribution in [0.5, 0.6) is 0 Å². The fourth-order valence-electron chi connectivity index (χ4n) is 1.93. The third-order valence-corrected chi connectivity index (χ3v) is 2.67. The lowest BCUT2D eigenvalue weighted by molar-refractivity contribution is 0.976. The third-order valence-electron chi connectivity index (χ3n) is 2.67. The van der Waals surface area contributed by atoms with Gasteiger partial charge in [0.2, 0.25) is 0 Å². The van der Waals surface area contributed by atoms with E-state index in [1.54, 1.807) is 0 Å². The van der Waals surface area contributed by atoms with Crippen LogP contribution < -0.4 is 10.6 Å². The molecule has 0 bridgehead atoms. The molecule has 3 nitrogen and oxygen atoms in total. The largest absolute Gasteiger partial charge is 0.376 e. The summed E-state index contributed by atoms with van der Waals surface area (Å²) in [5, 5.41) is 1.28. The Morgan fingerprint density at radius 1 is 1.33 bits per heavy atom. The van der Waals surface area contributed by atoms with Gasteiger partial charge >= 0.3 is 0 Å². The molecule has 0 atom stereocenters. The van der Waals surface area contributed by atoms with Gasteiger partial charge in [-0.2, -0.15) is 0 Å². The first-order valence-corrected chi connectivity index (χ1v) is 5.20. The highest BCUT2D eigenvalue weighted by Gasteiger charge is 2.07. The van der Waals surface area contributed by atoms with Crippen LogP contribution >= 0.6 is 0 Å². The van der Waals surface area contributed by atoms with E-state index in [2.05, 4.69) is 48.4 Å². The Morgan fingerprint density at radius 2 is 2.13 bits per heavy atom. The topological polar surface area (TPSA) is 45.0 Å². The normalized spacial score (nSPS) is 10.9. The molecule has 0 unspecified atom stereocenters. The van der Waals surface area contributed by atoms with Crippen molar-refractivity contribution in [3.8, 4) is 0 Å². The van der Waals surface area contributed by atoms with Gasteiger partial charge < -0.3 is 15.6 Å². The van der Waals surface area contributed by atoms with Crippen molar-refractivity contribution >= 4 is 16.6 Å². The quantitative estimate of drug-likeness (QED) is 0.798. The monoisotopic (exact) mass is 203 g/mol. The minimum Gasteiger partial charge on any atom is -0.376 e. The summed E-state index contributed by atoms with van der Waals surface area (Å²) in [6.07, 6.45) is 2.99. The summed E-state index contributed by atoms with van der Waals surface area (Å²) in [5.74, 6) is 0. The molecule has 2 rings (SSSR count). The predicted molar refractivity (Wildman–Crippen MR) is 65.4 cm³/mol. The van der Waals surface area contributed by atoms with Crippen molar-refractivity contribution in [2.24, 2.45) is 5.73 Å². The lowest BCUT2D eigenvalue weighted by Crippen LogP contribution is -2.08. The molecule has 1 aromatic heterocycles. The molecule has 0 aliphatic heterocycles. The summed E-state index contributed by atoms with van der Waals surface area (Å²) < 4.78 is 0. The van der Waals surface area contributed by atoms with Crippen LogP contribution in [0.25, 0.3) is 10.9 Å². The number of nitrogens with one attached hydrogen (secondary N) is 1. The van der Waals surface area contributed by atoms with Gasteiger partial charge in [0.15, 0.2) is 0 Å². The molecular weight excluding hydrogens is 186 g/mol. The fraction of sp³-hybridized carbons (Fsp3) is 0.333. The predicted octanol–water partition coefficient (Wildman–Crippen LogP) is 1.74. The van der Waals surface area contributed by atoms with Gasteiger partial charge in [0, 0.05) is 25.7 Å². The zero-order valence-corrected chi connectivity index (χ0v) is 9.25. The van der Waals surface area contributed by atoms with Crippen LogP contribution in [0, 0.1) is 0 Å². The van der Waals surface area contributed by atoms with E-state index in [1.807, 2.05) is 0 Å². The molecule has 3 heteroatoms. The number of aromatic amines is 1. The number of hydrogen-bond donors (Lipinski definition) is 2. The number of aromatic nitrogens is 1. The number of fused-ring (bicyclic) bond motifs is 1. The van der Waals surface area contributed by atoms with E-state index in [4.69, 9.17) is 5.73 Å². The van der Waals surface area contributed by atoms with E-state index in [1.165, 1.54) is 22.2 Å². The van der Waals surface area contributed by atoms with Crippen LogP contribution in [0.15, 0.2) is 24.4 Å². The Kier molecular flexibility index (Phi) is 2.64. The van der Waals surface area contributed by atoms with Crippen molar-refractivity contribution in [1.82, 2.24) is 4.98 Å². The Labute approximate surface area is 89.9 Å². The number of nitrogens with two attached hydrogens (primary N) is 1. The molecule has 0 aliphatic carbocycles. The highest BCUT2D eigenvalue weighted by atomic mass is 15.1. The minimum atomic E-state index is 0.694. The first kappa shape index (κ1) is 10.1. The SMILES string of the molecule is CN(C)c1cccc2c(CCN)c[nH]c12. The standard InChI is InChI=1S/C12H17N3/c1-15(2)11-5-3-4-10-9(6-7-13)8-14-12(10)11/h3-5,8,14H,6-7,13H2,1-2H3. The van der Waals surface area contributed by atoms with E-state index in [-0.39, 0.29) is 0 Å². The lowest BCUT2D eigenvalue weighted by atomic mass is 10.1. The van der Waals surface area contributed by atoms with Gasteiger partial charge in [-0.15, -0.1) is 0 Å². The maximum atomic E-state index is 5.58. The number of rotatable bonds is 3. The second-order valence-corrected chi connectivity index (χ2v) is 3.95. The van der Waals surface area contributed by atoms with Gasteiger partial charge in [-0.1, -0.05) is 12.1 Å². The molecule has 80 valence electrons. The van der Waals surface area contributed by atoms with E-state index in [0.717, 1.165) is 6.42 Å². The van der Waals surface area contributed by atoms with Crippen LogP contribution in [-0.2, 0) is 6.42 Å². The maximum Gasteiger partial charge on any atom is 0.0694 e. The molecule has 2 aromatic rings. The zero-order chi connectivity index (χ0) is 10.8. The Balaban J connectivity index is 2.58. The van der Waals surface area contributed by atoms with Crippen molar-refractivity contribution in [3.63, 3.8) is 0 Å². The minimum absolute atomic E-state index is 0.694. The van der Waals surface area contributed by atoms with E-state index >= 15 is 0 Å². The van der Waals surface area contributed by atoms with Crippen LogP contribution in [-0.4, -0.2) is 25.6 Å². The summed E-state index contributed by atoms with van der Waals surface area (Å²) in [4.78, 5) is 5.44. The molecule has 0 radical (unpaired) electrons. The van der Waals surface area contributed by atoms with Crippen molar-refractivity contribution in [2.45, 2.75) is 6.42 Å². The van der Waals surface area contributed by atoms with Gasteiger partial charge in [0.05, 0.1) is 11.2 Å². The lowest BCUT2D eigenvalue weighted by Gasteiger charge is -2.13. The van der Waals surface area contributed by atoms with Gasteiger partial charge in [0.1, 0.15) is 0 Å². The van der Waals surface area contributed by atoms with Crippen LogP contribution in [0.2, 0.25) is 0 Å². The van der Waals surface area contributed by atoms with Crippen molar-refractivity contribution < 1.29 is 0 Å². The first-order valence-electron chi connectivity index (χ1n) is 5.20. The molecule has 0 saturated heterocycles. The van der Waals surface area contributed by atoms with Gasteiger partial charge in [-0.25, -0.2) is 0 Å². The highest BCUT2D eigenvalue weighted by molar-refractivity contribution is 5.93. The number of anilines is 1. The molecule has 3 N–H and O–H groups in total. The maximum absolute atomic E-state index is 5.58. The number of hydrogen-bond acceptors (Lipinski definition) is 2. The third kappa shape index (κ3) is 1.70. The van der Waals surface area contributed by atoms with E-state index in [9.17, 15) is 0 Å². The molecule has 0 saturated carbocycles. The summed E-state index contributed by atoms with van der Waals surface area (Å²) in [7, 11) is 4.11. The van der Waals surface area contributed by atoms with Gasteiger partial charge in [-0.05, 0) is 24.6 Å². The molecule has 0 spiro atoms. The Morgan fingerprint density at radius 3 is 2.80 bits per heavy atom. The number of para-hydroxylation sites is 1. The van der Waals surface area contributed by atoms with Crippen LogP contribution in [0.1, 0.15) is 5.56 Å². The Hall–Kier alpha value is -1.48. The average Bonchev–Trinajstić information content (AvgIpc) is 2.62. The molecule has 0 amide bonds. The number of H-pyrrole nitrogens is 1. The first-order chi connectivity index (χ1) is 7.24. The molecule has 15 heavy (non-hydrogen) atoms. The van der Waals surface area contributed by atoms with Gasteiger partial charge in [-0.3, -0.25) is 0 Å². The van der Waals surface area contributed by atoms with Gasteiger partial charge in [0.25, 0.3) is 0 Å². The number of benzene rings is 1. The fourth-order valence-corrected chi connectivity index (χ4v) is 1.93. The van der Waals surface area contributed by atoms with E-state index < -0.39 is 0 Å². The highest BCUT2D eigenvalue weighted by Crippen LogP contribution is 2.26. The van der Waals surface area contributed by atoms with Crippen molar-refractivity contribution in [1.29, 1.82) is 0 Å². The zero-order valence-electron chi connectivity index (χ0n) is 9.25. The second kappa shape index (κ2) is 3.95. The number of nitrogens with zero attached hydrogens (tertiary/aromatic N) is 1. The summed E-state index contributed by atoms with van der Waals surface area (Å²) in [6, 6.07) is 6.35.